The number of nitrogens with zero attached hydrogens (tertiary/aromatic N) is 2. The van der Waals surface area contributed by atoms with Gasteiger partial charge in [-0.3, -0.25) is 19.3 Å². The largest absolute Gasteiger partial charge is 0.490 e. The van der Waals surface area contributed by atoms with E-state index in [0.29, 0.717) is 30.2 Å². The van der Waals surface area contributed by atoms with Crippen LogP contribution in [-0.2, 0) is 9.59 Å². The van der Waals surface area contributed by atoms with Gasteiger partial charge in [0, 0.05) is 12.6 Å². The van der Waals surface area contributed by atoms with Crippen molar-refractivity contribution in [3.05, 3.63) is 28.7 Å². The average molecular weight is 443 g/mol. The second kappa shape index (κ2) is 10.4. The number of benzene rings is 1. The highest BCUT2D eigenvalue weighted by Crippen LogP contribution is 2.35. The van der Waals surface area contributed by atoms with Crippen molar-refractivity contribution in [1.29, 1.82) is 0 Å². The number of carbonyl (C=O) groups excluding carboxylic acids is 3. The van der Waals surface area contributed by atoms with Crippen LogP contribution in [0.1, 0.15) is 38.7 Å². The van der Waals surface area contributed by atoms with Gasteiger partial charge in [-0.15, -0.1) is 6.42 Å². The maximum atomic E-state index is 12.8. The Hall–Kier alpha value is -2.92. The van der Waals surface area contributed by atoms with E-state index in [0.717, 1.165) is 35.9 Å². The van der Waals surface area contributed by atoms with E-state index in [1.54, 1.807) is 29.2 Å². The van der Waals surface area contributed by atoms with E-state index in [9.17, 15) is 14.4 Å². The molecular weight excluding hydrogens is 416 g/mol. The van der Waals surface area contributed by atoms with Crippen LogP contribution in [0.15, 0.2) is 23.1 Å². The zero-order valence-electron chi connectivity index (χ0n) is 17.8. The van der Waals surface area contributed by atoms with Crippen LogP contribution in [0.5, 0.6) is 11.5 Å². The van der Waals surface area contributed by atoms with Crippen LogP contribution < -0.4 is 9.47 Å². The second-order valence-corrected chi connectivity index (χ2v) is 8.32. The number of amides is 3. The Morgan fingerprint density at radius 2 is 2.10 bits per heavy atom. The molecule has 1 atom stereocenters. The molecule has 2 aliphatic heterocycles. The molecule has 2 saturated heterocycles. The number of piperidine rings is 1. The van der Waals surface area contributed by atoms with Crippen molar-refractivity contribution in [2.24, 2.45) is 0 Å². The molecule has 0 aliphatic carbocycles. The molecule has 8 heteroatoms. The number of carbonyl (C=O) groups is 3. The molecule has 2 aliphatic rings. The van der Waals surface area contributed by atoms with Crippen LogP contribution in [0.3, 0.4) is 0 Å². The van der Waals surface area contributed by atoms with Crippen molar-refractivity contribution in [3.8, 4) is 23.8 Å². The predicted molar refractivity (Wildman–Crippen MR) is 120 cm³/mol. The Morgan fingerprint density at radius 1 is 1.29 bits per heavy atom. The van der Waals surface area contributed by atoms with Crippen LogP contribution in [0.25, 0.3) is 6.08 Å². The van der Waals surface area contributed by atoms with Gasteiger partial charge < -0.3 is 14.4 Å². The Balaban J connectivity index is 1.74. The molecule has 31 heavy (non-hydrogen) atoms. The normalized spacial score (nSPS) is 20.2. The summed E-state index contributed by atoms with van der Waals surface area (Å²) < 4.78 is 11.1. The number of terminal acetylenes is 1. The first-order valence-corrected chi connectivity index (χ1v) is 11.1. The van der Waals surface area contributed by atoms with Gasteiger partial charge in [-0.25, -0.2) is 0 Å². The SMILES string of the molecule is C#CCOc1ccc(/C=C2\SC(=O)N(CC(=O)N3CCCC[C@H]3C)C2=O)cc1OCC. The van der Waals surface area contributed by atoms with Crippen molar-refractivity contribution in [2.45, 2.75) is 39.2 Å². The van der Waals surface area contributed by atoms with E-state index in [2.05, 4.69) is 5.92 Å². The highest BCUT2D eigenvalue weighted by molar-refractivity contribution is 8.18. The first kappa shape index (κ1) is 22.8. The van der Waals surface area contributed by atoms with Gasteiger partial charge in [-0.05, 0) is 68.6 Å². The predicted octanol–water partition coefficient (Wildman–Crippen LogP) is 3.53. The van der Waals surface area contributed by atoms with Crippen LogP contribution in [0.4, 0.5) is 4.79 Å². The molecule has 164 valence electrons. The van der Waals surface area contributed by atoms with Gasteiger partial charge in [-0.2, -0.15) is 0 Å². The Kier molecular flexibility index (Phi) is 7.64. The average Bonchev–Trinajstić information content (AvgIpc) is 3.01. The molecular formula is C23H26N2O5S. The molecule has 3 rings (SSSR count). The van der Waals surface area contributed by atoms with Crippen LogP contribution in [0, 0.1) is 12.3 Å². The van der Waals surface area contributed by atoms with E-state index in [4.69, 9.17) is 15.9 Å². The number of ether oxygens (including phenoxy) is 2. The molecule has 0 saturated carbocycles. The lowest BCUT2D eigenvalue weighted by Crippen LogP contribution is -2.47. The number of hydrogen-bond donors (Lipinski definition) is 0. The lowest BCUT2D eigenvalue weighted by molar-refractivity contribution is -0.138. The third kappa shape index (κ3) is 5.42. The molecule has 1 aromatic rings. The molecule has 3 amide bonds. The summed E-state index contributed by atoms with van der Waals surface area (Å²) >= 11 is 0.833. The highest BCUT2D eigenvalue weighted by atomic mass is 32.2. The van der Waals surface area contributed by atoms with Gasteiger partial charge in [-0.1, -0.05) is 12.0 Å². The molecule has 0 spiro atoms. The summed E-state index contributed by atoms with van der Waals surface area (Å²) in [6.07, 6.45) is 9.83. The topological polar surface area (TPSA) is 76.2 Å². The molecule has 2 heterocycles. The van der Waals surface area contributed by atoms with Crippen molar-refractivity contribution in [2.75, 3.05) is 26.3 Å². The van der Waals surface area contributed by atoms with E-state index < -0.39 is 11.1 Å². The Labute approximate surface area is 186 Å². The first-order chi connectivity index (χ1) is 14.9. The Morgan fingerprint density at radius 3 is 2.81 bits per heavy atom. The molecule has 2 fully saturated rings. The number of hydrogen-bond acceptors (Lipinski definition) is 6. The van der Waals surface area contributed by atoms with Crippen LogP contribution in [0.2, 0.25) is 0 Å². The minimum absolute atomic E-state index is 0.113. The number of imide groups is 1. The highest BCUT2D eigenvalue weighted by Gasteiger charge is 2.38. The van der Waals surface area contributed by atoms with Gasteiger partial charge >= 0.3 is 0 Å². The van der Waals surface area contributed by atoms with Gasteiger partial charge in [0.25, 0.3) is 11.1 Å². The summed E-state index contributed by atoms with van der Waals surface area (Å²) in [5.74, 6) is 2.76. The number of thioether (sulfide) groups is 1. The summed E-state index contributed by atoms with van der Waals surface area (Å²) in [6, 6.07) is 5.32. The molecule has 7 nitrogen and oxygen atoms in total. The third-order valence-corrected chi connectivity index (χ3v) is 6.07. The maximum absolute atomic E-state index is 12.8. The quantitative estimate of drug-likeness (QED) is 0.475. The minimum Gasteiger partial charge on any atom is -0.490 e. The van der Waals surface area contributed by atoms with E-state index in [-0.39, 0.29) is 30.0 Å². The lowest BCUT2D eigenvalue weighted by atomic mass is 10.0. The number of likely N-dealkylation sites (tertiary alicyclic amines) is 1. The maximum Gasteiger partial charge on any atom is 0.294 e. The van der Waals surface area contributed by atoms with Gasteiger partial charge in [0.2, 0.25) is 5.91 Å². The van der Waals surface area contributed by atoms with E-state index >= 15 is 0 Å². The standard InChI is InChI=1S/C23H26N2O5S/c1-4-12-30-18-10-9-17(13-19(18)29-5-2)14-20-22(27)25(23(28)31-20)15-21(26)24-11-7-6-8-16(24)3/h1,9-10,13-14,16H,5-8,11-12,15H2,2-3H3/b20-14-/t16-/m1/s1. The van der Waals surface area contributed by atoms with E-state index in [1.807, 2.05) is 13.8 Å². The summed E-state index contributed by atoms with van der Waals surface area (Å²) in [5, 5.41) is -0.437. The monoisotopic (exact) mass is 442 g/mol. The second-order valence-electron chi connectivity index (χ2n) is 7.33. The van der Waals surface area contributed by atoms with Crippen LogP contribution >= 0.6 is 11.8 Å². The fourth-order valence-electron chi connectivity index (χ4n) is 3.60. The molecule has 0 bridgehead atoms. The lowest BCUT2D eigenvalue weighted by Gasteiger charge is -2.34. The first-order valence-electron chi connectivity index (χ1n) is 10.3. The molecule has 0 radical (unpaired) electrons. The fraction of sp³-hybridized carbons (Fsp3) is 0.435. The zero-order valence-corrected chi connectivity index (χ0v) is 18.6. The summed E-state index contributed by atoms with van der Waals surface area (Å²) in [5.41, 5.74) is 0.679. The summed E-state index contributed by atoms with van der Waals surface area (Å²) in [4.78, 5) is 40.9. The van der Waals surface area contributed by atoms with Gasteiger partial charge in [0.15, 0.2) is 11.5 Å². The molecule has 1 aromatic carbocycles. The third-order valence-electron chi connectivity index (χ3n) is 5.17. The van der Waals surface area contributed by atoms with Crippen LogP contribution in [-0.4, -0.2) is 59.2 Å². The zero-order chi connectivity index (χ0) is 22.4. The smallest absolute Gasteiger partial charge is 0.294 e. The summed E-state index contributed by atoms with van der Waals surface area (Å²) in [7, 11) is 0. The minimum atomic E-state index is -0.460. The molecule has 0 N–H and O–H groups in total. The Bertz CT molecular complexity index is 936. The molecule has 0 unspecified atom stereocenters. The van der Waals surface area contributed by atoms with Crippen molar-refractivity contribution < 1.29 is 23.9 Å². The van der Waals surface area contributed by atoms with Gasteiger partial charge in [0.05, 0.1) is 11.5 Å². The van der Waals surface area contributed by atoms with Crippen molar-refractivity contribution in [3.63, 3.8) is 0 Å². The summed E-state index contributed by atoms with van der Waals surface area (Å²) in [6.45, 7) is 4.84. The van der Waals surface area contributed by atoms with Crippen molar-refractivity contribution in [1.82, 2.24) is 9.80 Å². The van der Waals surface area contributed by atoms with Gasteiger partial charge in [0.1, 0.15) is 13.2 Å². The number of rotatable bonds is 7. The molecule has 0 aromatic heterocycles. The van der Waals surface area contributed by atoms with Crippen molar-refractivity contribution >= 4 is 34.9 Å². The fourth-order valence-corrected chi connectivity index (χ4v) is 4.44. The van der Waals surface area contributed by atoms with E-state index in [1.165, 1.54) is 0 Å².